The first-order valence-corrected chi connectivity index (χ1v) is 3.54. The quantitative estimate of drug-likeness (QED) is 0.626. The molecule has 0 saturated carbocycles. The Morgan fingerprint density at radius 2 is 2.70 bits per heavy atom. The SMILES string of the molecule is c1c[nH]c(C2CCOC2)n1. The number of imidazole rings is 1. The van der Waals surface area contributed by atoms with Crippen LogP contribution >= 0.6 is 0 Å². The molecule has 0 amide bonds. The molecule has 2 rings (SSSR count). The van der Waals surface area contributed by atoms with Crippen molar-refractivity contribution in [3.8, 4) is 0 Å². The lowest BCUT2D eigenvalue weighted by Crippen LogP contribution is -1.98. The van der Waals surface area contributed by atoms with Crippen molar-refractivity contribution in [3.63, 3.8) is 0 Å². The second kappa shape index (κ2) is 2.42. The minimum atomic E-state index is 0.509. The molecule has 1 saturated heterocycles. The van der Waals surface area contributed by atoms with E-state index in [9.17, 15) is 0 Å². The molecule has 1 aromatic rings. The summed E-state index contributed by atoms with van der Waals surface area (Å²) in [7, 11) is 0. The van der Waals surface area contributed by atoms with Crippen molar-refractivity contribution in [2.75, 3.05) is 13.2 Å². The Balaban J connectivity index is 2.12. The van der Waals surface area contributed by atoms with Crippen LogP contribution in [0.5, 0.6) is 0 Å². The van der Waals surface area contributed by atoms with Gasteiger partial charge in [-0.2, -0.15) is 0 Å². The van der Waals surface area contributed by atoms with Gasteiger partial charge in [0.15, 0.2) is 0 Å². The van der Waals surface area contributed by atoms with E-state index < -0.39 is 0 Å². The average Bonchev–Trinajstić information content (AvgIpc) is 2.59. The van der Waals surface area contributed by atoms with Gasteiger partial charge in [-0.3, -0.25) is 0 Å². The highest BCUT2D eigenvalue weighted by molar-refractivity contribution is 4.98. The van der Waals surface area contributed by atoms with E-state index >= 15 is 0 Å². The Bertz CT molecular complexity index is 189. The molecule has 1 atom stereocenters. The van der Waals surface area contributed by atoms with Gasteiger partial charge in [0.05, 0.1) is 6.61 Å². The molecule has 1 unspecified atom stereocenters. The van der Waals surface area contributed by atoms with Crippen LogP contribution in [0.2, 0.25) is 0 Å². The van der Waals surface area contributed by atoms with Gasteiger partial charge in [-0.1, -0.05) is 0 Å². The first-order valence-electron chi connectivity index (χ1n) is 3.54. The maximum absolute atomic E-state index is 5.22. The highest BCUT2D eigenvalue weighted by atomic mass is 16.5. The van der Waals surface area contributed by atoms with Crippen molar-refractivity contribution in [1.29, 1.82) is 0 Å². The molecule has 0 aromatic carbocycles. The molecule has 10 heavy (non-hydrogen) atoms. The molecular weight excluding hydrogens is 128 g/mol. The summed E-state index contributed by atoms with van der Waals surface area (Å²) in [5.41, 5.74) is 0. The van der Waals surface area contributed by atoms with Gasteiger partial charge in [0, 0.05) is 24.9 Å². The Morgan fingerprint density at radius 3 is 3.30 bits per heavy atom. The monoisotopic (exact) mass is 138 g/mol. The summed E-state index contributed by atoms with van der Waals surface area (Å²) in [5.74, 6) is 1.58. The number of ether oxygens (including phenoxy) is 1. The predicted molar refractivity (Wildman–Crippen MR) is 36.8 cm³/mol. The van der Waals surface area contributed by atoms with Crippen LogP contribution in [0, 0.1) is 0 Å². The zero-order valence-electron chi connectivity index (χ0n) is 5.71. The second-order valence-corrected chi connectivity index (χ2v) is 2.53. The van der Waals surface area contributed by atoms with Crippen LogP contribution in [-0.2, 0) is 4.74 Å². The number of hydrogen-bond acceptors (Lipinski definition) is 2. The van der Waals surface area contributed by atoms with Crippen LogP contribution < -0.4 is 0 Å². The minimum Gasteiger partial charge on any atom is -0.381 e. The van der Waals surface area contributed by atoms with Crippen molar-refractivity contribution < 1.29 is 4.74 Å². The Labute approximate surface area is 59.4 Å². The maximum Gasteiger partial charge on any atom is 0.111 e. The highest BCUT2D eigenvalue weighted by Gasteiger charge is 2.18. The molecule has 3 heteroatoms. The summed E-state index contributed by atoms with van der Waals surface area (Å²) in [5, 5.41) is 0. The number of aromatic amines is 1. The number of hydrogen-bond donors (Lipinski definition) is 1. The molecular formula is C7H10N2O. The summed E-state index contributed by atoms with van der Waals surface area (Å²) in [6.45, 7) is 1.71. The van der Waals surface area contributed by atoms with Gasteiger partial charge < -0.3 is 9.72 Å². The fourth-order valence-electron chi connectivity index (χ4n) is 1.25. The van der Waals surface area contributed by atoms with Crippen molar-refractivity contribution in [3.05, 3.63) is 18.2 Å². The van der Waals surface area contributed by atoms with Gasteiger partial charge >= 0.3 is 0 Å². The van der Waals surface area contributed by atoms with Crippen molar-refractivity contribution >= 4 is 0 Å². The third-order valence-electron chi connectivity index (χ3n) is 1.84. The smallest absolute Gasteiger partial charge is 0.111 e. The summed E-state index contributed by atoms with van der Waals surface area (Å²) >= 11 is 0. The van der Waals surface area contributed by atoms with E-state index in [0.29, 0.717) is 5.92 Å². The molecule has 0 radical (unpaired) electrons. The van der Waals surface area contributed by atoms with Crippen LogP contribution in [-0.4, -0.2) is 23.2 Å². The van der Waals surface area contributed by atoms with Crippen LogP contribution in [0.25, 0.3) is 0 Å². The summed E-state index contributed by atoms with van der Waals surface area (Å²) in [6.07, 6.45) is 4.74. The standard InChI is InChI=1S/C7H10N2O/c1-4-10-5-6(1)7-8-2-3-9-7/h2-3,6H,1,4-5H2,(H,8,9). The van der Waals surface area contributed by atoms with Crippen molar-refractivity contribution in [2.24, 2.45) is 0 Å². The van der Waals surface area contributed by atoms with E-state index in [1.54, 1.807) is 6.20 Å². The third kappa shape index (κ3) is 0.926. The summed E-state index contributed by atoms with van der Waals surface area (Å²) in [4.78, 5) is 7.25. The average molecular weight is 138 g/mol. The van der Waals surface area contributed by atoms with E-state index in [1.165, 1.54) is 0 Å². The zero-order chi connectivity index (χ0) is 6.81. The van der Waals surface area contributed by atoms with Gasteiger partial charge in [0.1, 0.15) is 5.82 Å². The first-order chi connectivity index (χ1) is 4.97. The molecule has 0 spiro atoms. The highest BCUT2D eigenvalue weighted by Crippen LogP contribution is 2.21. The van der Waals surface area contributed by atoms with E-state index in [2.05, 4.69) is 9.97 Å². The lowest BCUT2D eigenvalue weighted by molar-refractivity contribution is 0.193. The Hall–Kier alpha value is -0.830. The molecule has 1 aliphatic rings. The topological polar surface area (TPSA) is 37.9 Å². The summed E-state index contributed by atoms with van der Waals surface area (Å²) < 4.78 is 5.22. The maximum atomic E-state index is 5.22. The van der Waals surface area contributed by atoms with Crippen molar-refractivity contribution in [1.82, 2.24) is 9.97 Å². The van der Waals surface area contributed by atoms with E-state index in [4.69, 9.17) is 4.74 Å². The number of nitrogens with one attached hydrogen (secondary N) is 1. The summed E-state index contributed by atoms with van der Waals surface area (Å²) in [6, 6.07) is 0. The molecule has 2 heterocycles. The number of H-pyrrole nitrogens is 1. The van der Waals surface area contributed by atoms with Gasteiger partial charge in [0.25, 0.3) is 0 Å². The van der Waals surface area contributed by atoms with E-state index in [1.807, 2.05) is 6.20 Å². The van der Waals surface area contributed by atoms with Gasteiger partial charge in [-0.05, 0) is 6.42 Å². The van der Waals surface area contributed by atoms with E-state index in [-0.39, 0.29) is 0 Å². The molecule has 0 aliphatic carbocycles. The molecule has 1 N–H and O–H groups in total. The van der Waals surface area contributed by atoms with E-state index in [0.717, 1.165) is 25.5 Å². The van der Waals surface area contributed by atoms with Gasteiger partial charge in [-0.15, -0.1) is 0 Å². The van der Waals surface area contributed by atoms with Gasteiger partial charge in [-0.25, -0.2) is 4.98 Å². The molecule has 1 fully saturated rings. The Morgan fingerprint density at radius 1 is 1.70 bits per heavy atom. The molecule has 1 aromatic heterocycles. The lowest BCUT2D eigenvalue weighted by Gasteiger charge is -2.00. The number of nitrogens with zero attached hydrogens (tertiary/aromatic N) is 1. The Kier molecular flexibility index (Phi) is 1.43. The fraction of sp³-hybridized carbons (Fsp3) is 0.571. The number of rotatable bonds is 1. The number of aromatic nitrogens is 2. The second-order valence-electron chi connectivity index (χ2n) is 2.53. The van der Waals surface area contributed by atoms with Crippen LogP contribution in [0.15, 0.2) is 12.4 Å². The third-order valence-corrected chi connectivity index (χ3v) is 1.84. The molecule has 0 bridgehead atoms. The molecule has 54 valence electrons. The largest absolute Gasteiger partial charge is 0.381 e. The minimum absolute atomic E-state index is 0.509. The fourth-order valence-corrected chi connectivity index (χ4v) is 1.25. The molecule has 1 aliphatic heterocycles. The van der Waals surface area contributed by atoms with Crippen LogP contribution in [0.1, 0.15) is 18.2 Å². The van der Waals surface area contributed by atoms with Gasteiger partial charge in [0.2, 0.25) is 0 Å². The van der Waals surface area contributed by atoms with Crippen LogP contribution in [0.3, 0.4) is 0 Å². The van der Waals surface area contributed by atoms with Crippen molar-refractivity contribution in [2.45, 2.75) is 12.3 Å². The lowest BCUT2D eigenvalue weighted by atomic mass is 10.1. The molecule has 3 nitrogen and oxygen atoms in total. The normalized spacial score (nSPS) is 25.4. The zero-order valence-corrected chi connectivity index (χ0v) is 5.71. The first kappa shape index (κ1) is 5.92. The van der Waals surface area contributed by atoms with Crippen LogP contribution in [0.4, 0.5) is 0 Å². The predicted octanol–water partition coefficient (Wildman–Crippen LogP) is 0.914.